The maximum atomic E-state index is 13.5. The molecule has 8 nitrogen and oxygen atoms in total. The SMILES string of the molecule is C=C=C(S/C(=C(\C)CCO)S(N)(=O)=NC(=O)Nc1c2c(nc3c1CCC3)CCC2)C(C)(C)O. The van der Waals surface area contributed by atoms with Gasteiger partial charge in [0.2, 0.25) is 0 Å². The first-order valence-corrected chi connectivity index (χ1v) is 13.4. The van der Waals surface area contributed by atoms with Gasteiger partial charge in [-0.25, -0.2) is 14.1 Å². The summed E-state index contributed by atoms with van der Waals surface area (Å²) in [5.74, 6) is 0. The Hall–Kier alpha value is -1.94. The second kappa shape index (κ2) is 10.1. The number of rotatable bonds is 7. The Balaban J connectivity index is 1.98. The third-order valence-electron chi connectivity index (χ3n) is 5.71. The highest BCUT2D eigenvalue weighted by atomic mass is 32.3. The third-order valence-corrected chi connectivity index (χ3v) is 9.38. The van der Waals surface area contributed by atoms with Crippen molar-refractivity contribution in [2.24, 2.45) is 9.50 Å². The van der Waals surface area contributed by atoms with Crippen molar-refractivity contribution in [3.8, 4) is 0 Å². The Morgan fingerprint density at radius 1 is 1.27 bits per heavy atom. The molecule has 3 rings (SSSR count). The summed E-state index contributed by atoms with van der Waals surface area (Å²) in [5.41, 5.74) is 6.67. The van der Waals surface area contributed by atoms with Crippen LogP contribution in [0.4, 0.5) is 10.5 Å². The fraction of sp³-hybridized carbons (Fsp3) is 0.522. The van der Waals surface area contributed by atoms with E-state index in [0.717, 1.165) is 78.5 Å². The van der Waals surface area contributed by atoms with Gasteiger partial charge in [0.15, 0.2) is 0 Å². The van der Waals surface area contributed by atoms with Crippen LogP contribution in [0.15, 0.2) is 31.4 Å². The molecule has 0 aromatic carbocycles. The normalized spacial score (nSPS) is 17.4. The van der Waals surface area contributed by atoms with Crippen LogP contribution in [0.2, 0.25) is 0 Å². The number of aliphatic hydroxyl groups excluding tert-OH is 1. The zero-order chi connectivity index (χ0) is 24.4. The molecular formula is C23H32N4O4S2. The van der Waals surface area contributed by atoms with Crippen LogP contribution in [0.1, 0.15) is 62.5 Å². The van der Waals surface area contributed by atoms with Crippen LogP contribution in [0.5, 0.6) is 0 Å². The standard InChI is InChI=1S/C23H32N4O4S2/c1-5-19(23(3,4)30)32-21(14(2)12-13-28)33(24,31)27-22(29)26-20-15-8-6-10-17(15)25-18-11-7-9-16(18)20/h28,30H,1,6-13H2,2-4H3,(H3,24,25,26,27,29,31)/b21-14-. The molecule has 0 saturated carbocycles. The maximum Gasteiger partial charge on any atom is 0.354 e. The van der Waals surface area contributed by atoms with Gasteiger partial charge >= 0.3 is 6.03 Å². The van der Waals surface area contributed by atoms with E-state index >= 15 is 0 Å². The first-order valence-electron chi connectivity index (χ1n) is 11.0. The molecule has 33 heavy (non-hydrogen) atoms. The number of urea groups is 1. The molecule has 1 heterocycles. The summed E-state index contributed by atoms with van der Waals surface area (Å²) in [6.07, 6.45) is 5.58. The number of aromatic nitrogens is 1. The van der Waals surface area contributed by atoms with E-state index in [1.54, 1.807) is 20.8 Å². The van der Waals surface area contributed by atoms with Gasteiger partial charge in [-0.05, 0) is 82.4 Å². The van der Waals surface area contributed by atoms with Gasteiger partial charge in [0.05, 0.1) is 20.4 Å². The first-order chi connectivity index (χ1) is 15.5. The minimum atomic E-state index is -3.68. The Morgan fingerprint density at radius 2 is 1.85 bits per heavy atom. The number of fused-ring (bicyclic) bond motifs is 2. The maximum absolute atomic E-state index is 13.5. The zero-order valence-electron chi connectivity index (χ0n) is 19.4. The van der Waals surface area contributed by atoms with E-state index in [2.05, 4.69) is 22.0 Å². The number of nitrogens with one attached hydrogen (secondary N) is 1. The molecule has 2 aliphatic carbocycles. The Bertz CT molecular complexity index is 1140. The van der Waals surface area contributed by atoms with E-state index in [9.17, 15) is 19.2 Å². The lowest BCUT2D eigenvalue weighted by molar-refractivity contribution is 0.129. The summed E-state index contributed by atoms with van der Waals surface area (Å²) in [7, 11) is -3.68. The van der Waals surface area contributed by atoms with E-state index < -0.39 is 21.5 Å². The quantitative estimate of drug-likeness (QED) is 0.428. The van der Waals surface area contributed by atoms with E-state index in [4.69, 9.17) is 10.1 Å². The zero-order valence-corrected chi connectivity index (χ0v) is 21.0. The van der Waals surface area contributed by atoms with Crippen molar-refractivity contribution >= 4 is 33.4 Å². The highest BCUT2D eigenvalue weighted by molar-refractivity contribution is 8.20. The Labute approximate surface area is 199 Å². The number of nitrogens with zero attached hydrogens (tertiary/aromatic N) is 2. The topological polar surface area (TPSA) is 138 Å². The van der Waals surface area contributed by atoms with E-state index in [0.29, 0.717) is 5.57 Å². The van der Waals surface area contributed by atoms with Gasteiger partial charge in [-0.2, -0.15) is 0 Å². The average molecular weight is 493 g/mol. The van der Waals surface area contributed by atoms with Crippen molar-refractivity contribution in [3.63, 3.8) is 0 Å². The van der Waals surface area contributed by atoms with Gasteiger partial charge < -0.3 is 15.5 Å². The summed E-state index contributed by atoms with van der Waals surface area (Å²) in [6, 6.07) is -0.792. The predicted octanol–water partition coefficient (Wildman–Crippen LogP) is 3.72. The first kappa shape index (κ1) is 25.7. The average Bonchev–Trinajstić information content (AvgIpc) is 3.36. The summed E-state index contributed by atoms with van der Waals surface area (Å²) in [6.45, 7) is 8.14. The minimum Gasteiger partial charge on any atom is -0.396 e. The van der Waals surface area contributed by atoms with Gasteiger partial charge in [0.25, 0.3) is 0 Å². The summed E-state index contributed by atoms with van der Waals surface area (Å²) >= 11 is 0.918. The molecule has 180 valence electrons. The number of anilines is 1. The fourth-order valence-electron chi connectivity index (χ4n) is 4.17. The molecule has 2 amide bonds. The van der Waals surface area contributed by atoms with Gasteiger partial charge in [0.1, 0.15) is 9.92 Å². The number of carbonyl (C=O) groups excluding carboxylic acids is 1. The molecule has 1 atom stereocenters. The van der Waals surface area contributed by atoms with Crippen molar-refractivity contribution in [3.05, 3.63) is 49.5 Å². The Morgan fingerprint density at radius 3 is 2.33 bits per heavy atom. The molecular weight excluding hydrogens is 460 g/mol. The number of hydrogen-bond acceptors (Lipinski definition) is 6. The lowest BCUT2D eigenvalue weighted by Gasteiger charge is -2.21. The number of hydrogen-bond donors (Lipinski definition) is 4. The van der Waals surface area contributed by atoms with Crippen molar-refractivity contribution in [1.82, 2.24) is 4.98 Å². The molecule has 0 saturated heterocycles. The lowest BCUT2D eigenvalue weighted by atomic mass is 10.1. The molecule has 0 spiro atoms. The highest BCUT2D eigenvalue weighted by Gasteiger charge is 2.28. The van der Waals surface area contributed by atoms with Crippen LogP contribution in [0, 0.1) is 0 Å². The molecule has 2 aliphatic rings. The molecule has 0 bridgehead atoms. The van der Waals surface area contributed by atoms with Crippen LogP contribution in [-0.2, 0) is 35.6 Å². The van der Waals surface area contributed by atoms with Gasteiger partial charge in [-0.1, -0.05) is 18.3 Å². The molecule has 1 aromatic rings. The van der Waals surface area contributed by atoms with Crippen molar-refractivity contribution in [2.75, 3.05) is 11.9 Å². The van der Waals surface area contributed by atoms with Gasteiger partial charge in [-0.3, -0.25) is 4.98 Å². The molecule has 0 fully saturated rings. The van der Waals surface area contributed by atoms with Crippen LogP contribution < -0.4 is 10.5 Å². The predicted molar refractivity (Wildman–Crippen MR) is 133 cm³/mol. The third kappa shape index (κ3) is 5.77. The molecule has 1 unspecified atom stereocenters. The second-order valence-corrected chi connectivity index (χ2v) is 11.9. The van der Waals surface area contributed by atoms with Crippen molar-refractivity contribution in [2.45, 2.75) is 71.3 Å². The minimum absolute atomic E-state index is 0.102. The number of aliphatic hydroxyl groups is 2. The largest absolute Gasteiger partial charge is 0.396 e. The highest BCUT2D eigenvalue weighted by Crippen LogP contribution is 2.39. The van der Waals surface area contributed by atoms with Gasteiger partial charge in [0, 0.05) is 18.0 Å². The molecule has 1 aromatic heterocycles. The number of pyridine rings is 1. The summed E-state index contributed by atoms with van der Waals surface area (Å²) in [5, 5.41) is 28.7. The van der Waals surface area contributed by atoms with Crippen molar-refractivity contribution < 1.29 is 19.2 Å². The van der Waals surface area contributed by atoms with E-state index in [1.807, 2.05) is 0 Å². The van der Waals surface area contributed by atoms with Crippen LogP contribution in [-0.4, -0.2) is 37.6 Å². The second-order valence-electron chi connectivity index (χ2n) is 8.84. The fourth-order valence-corrected chi connectivity index (χ4v) is 6.77. The lowest BCUT2D eigenvalue weighted by Crippen LogP contribution is -2.23. The van der Waals surface area contributed by atoms with E-state index in [-0.39, 0.29) is 22.2 Å². The molecule has 10 heteroatoms. The van der Waals surface area contributed by atoms with Gasteiger partial charge in [-0.15, -0.1) is 10.1 Å². The van der Waals surface area contributed by atoms with Crippen molar-refractivity contribution in [1.29, 1.82) is 0 Å². The number of carbonyl (C=O) groups is 1. The molecule has 0 aliphatic heterocycles. The molecule has 5 N–H and O–H groups in total. The summed E-state index contributed by atoms with van der Waals surface area (Å²) in [4.78, 5) is 18.0. The monoisotopic (exact) mass is 492 g/mol. The smallest absolute Gasteiger partial charge is 0.354 e. The number of amides is 2. The van der Waals surface area contributed by atoms with Crippen LogP contribution in [0.3, 0.4) is 0 Å². The number of thioether (sulfide) groups is 1. The molecule has 0 radical (unpaired) electrons. The van der Waals surface area contributed by atoms with Crippen LogP contribution >= 0.6 is 11.8 Å². The van der Waals surface area contributed by atoms with Crippen LogP contribution in [0.25, 0.3) is 0 Å². The number of nitrogens with two attached hydrogens (primary N) is 1. The summed E-state index contributed by atoms with van der Waals surface area (Å²) < 4.78 is 17.4. The number of aryl methyl sites for hydroxylation is 2. The Kier molecular flexibility index (Phi) is 7.88. The van der Waals surface area contributed by atoms with E-state index in [1.165, 1.54) is 0 Å².